The topological polar surface area (TPSA) is 29.5 Å². The van der Waals surface area contributed by atoms with Crippen molar-refractivity contribution in [1.29, 1.82) is 0 Å². The number of aliphatic hydroxyl groups is 1. The zero-order valence-electron chi connectivity index (χ0n) is 11.4. The van der Waals surface area contributed by atoms with Crippen molar-refractivity contribution in [2.75, 3.05) is 7.11 Å². The molecule has 3 rings (SSSR count). The predicted molar refractivity (Wildman–Crippen MR) is 83.2 cm³/mol. The molecule has 0 amide bonds. The molecule has 20 heavy (non-hydrogen) atoms. The Bertz CT molecular complexity index is 612. The summed E-state index contributed by atoms with van der Waals surface area (Å²) in [5, 5.41) is 10.9. The summed E-state index contributed by atoms with van der Waals surface area (Å²) in [5.41, 5.74) is 2.90. The highest BCUT2D eigenvalue weighted by Crippen LogP contribution is 2.35. The van der Waals surface area contributed by atoms with E-state index >= 15 is 0 Å². The second-order valence-corrected chi connectivity index (χ2v) is 6.34. The van der Waals surface area contributed by atoms with Crippen molar-refractivity contribution >= 4 is 15.9 Å². The maximum atomic E-state index is 10.9. The molecule has 0 fully saturated rings. The van der Waals surface area contributed by atoms with Gasteiger partial charge >= 0.3 is 0 Å². The summed E-state index contributed by atoms with van der Waals surface area (Å²) in [6.07, 6.45) is 2.05. The Balaban J connectivity index is 1.86. The number of rotatable bonds is 3. The molecule has 1 N–H and O–H groups in total. The molecule has 1 aliphatic carbocycles. The van der Waals surface area contributed by atoms with E-state index in [1.54, 1.807) is 7.11 Å². The molecule has 0 atom stereocenters. The fourth-order valence-corrected chi connectivity index (χ4v) is 3.35. The summed E-state index contributed by atoms with van der Waals surface area (Å²) in [4.78, 5) is 0. The molecule has 2 aromatic carbocycles. The third-order valence-electron chi connectivity index (χ3n) is 3.93. The Morgan fingerprint density at radius 1 is 1.15 bits per heavy atom. The van der Waals surface area contributed by atoms with Crippen molar-refractivity contribution < 1.29 is 9.84 Å². The summed E-state index contributed by atoms with van der Waals surface area (Å²) in [6.45, 7) is 0. The van der Waals surface area contributed by atoms with Crippen molar-refractivity contribution in [2.45, 2.75) is 24.9 Å². The van der Waals surface area contributed by atoms with Crippen LogP contribution in [0.5, 0.6) is 5.75 Å². The minimum absolute atomic E-state index is 0.624. The van der Waals surface area contributed by atoms with Gasteiger partial charge in [-0.25, -0.2) is 0 Å². The zero-order valence-corrected chi connectivity index (χ0v) is 13.0. The van der Waals surface area contributed by atoms with Crippen LogP contribution in [0.4, 0.5) is 0 Å². The molecule has 0 saturated carbocycles. The summed E-state index contributed by atoms with van der Waals surface area (Å²) in [5.74, 6) is 0.822. The van der Waals surface area contributed by atoms with E-state index in [1.807, 2.05) is 30.3 Å². The average Bonchev–Trinajstić information content (AvgIpc) is 2.77. The van der Waals surface area contributed by atoms with Gasteiger partial charge in [-0.1, -0.05) is 40.2 Å². The van der Waals surface area contributed by atoms with Gasteiger partial charge in [-0.2, -0.15) is 0 Å². The summed E-state index contributed by atoms with van der Waals surface area (Å²) >= 11 is 3.56. The number of hydrogen-bond acceptors (Lipinski definition) is 2. The number of hydrogen-bond donors (Lipinski definition) is 1. The molecule has 2 aromatic rings. The Labute approximate surface area is 127 Å². The predicted octanol–water partition coefficient (Wildman–Crippen LogP) is 3.53. The molecular formula is C17H17BrO2. The monoisotopic (exact) mass is 332 g/mol. The van der Waals surface area contributed by atoms with Crippen LogP contribution in [0, 0.1) is 0 Å². The molecule has 0 aromatic heterocycles. The molecule has 0 aliphatic heterocycles. The fraction of sp³-hybridized carbons (Fsp3) is 0.294. The van der Waals surface area contributed by atoms with Gasteiger partial charge in [0.1, 0.15) is 5.75 Å². The number of benzene rings is 2. The normalized spacial score (nSPS) is 15.9. The first-order valence-corrected chi connectivity index (χ1v) is 7.50. The molecule has 2 nitrogen and oxygen atoms in total. The van der Waals surface area contributed by atoms with Crippen LogP contribution in [0.25, 0.3) is 0 Å². The standard InChI is InChI=1S/C17H17BrO2/c1-20-15-6-7-16(18)14(8-15)11-17(19)9-12-4-2-3-5-13(12)10-17/h2-8,19H,9-11H2,1H3. The van der Waals surface area contributed by atoms with Gasteiger partial charge in [-0.05, 0) is 34.9 Å². The molecule has 1 aliphatic rings. The van der Waals surface area contributed by atoms with Gasteiger partial charge in [0, 0.05) is 23.7 Å². The van der Waals surface area contributed by atoms with Gasteiger partial charge in [-0.3, -0.25) is 0 Å². The van der Waals surface area contributed by atoms with E-state index in [2.05, 4.69) is 28.1 Å². The van der Waals surface area contributed by atoms with Gasteiger partial charge in [0.2, 0.25) is 0 Å². The first-order chi connectivity index (χ1) is 9.59. The summed E-state index contributed by atoms with van der Waals surface area (Å²) in [7, 11) is 1.66. The SMILES string of the molecule is COc1ccc(Br)c(CC2(O)Cc3ccccc3C2)c1. The molecule has 0 heterocycles. The van der Waals surface area contributed by atoms with E-state index < -0.39 is 5.60 Å². The van der Waals surface area contributed by atoms with Gasteiger partial charge in [0.25, 0.3) is 0 Å². The minimum Gasteiger partial charge on any atom is -0.497 e. The molecule has 104 valence electrons. The highest BCUT2D eigenvalue weighted by atomic mass is 79.9. The molecular weight excluding hydrogens is 316 g/mol. The lowest BCUT2D eigenvalue weighted by Gasteiger charge is -2.23. The summed E-state index contributed by atoms with van der Waals surface area (Å²) in [6, 6.07) is 14.2. The maximum Gasteiger partial charge on any atom is 0.119 e. The largest absolute Gasteiger partial charge is 0.497 e. The van der Waals surface area contributed by atoms with Crippen molar-refractivity contribution in [2.24, 2.45) is 0 Å². The van der Waals surface area contributed by atoms with Crippen LogP contribution in [0.15, 0.2) is 46.9 Å². The van der Waals surface area contributed by atoms with Crippen LogP contribution in [-0.2, 0) is 19.3 Å². The Hall–Kier alpha value is -1.32. The van der Waals surface area contributed by atoms with Gasteiger partial charge < -0.3 is 9.84 Å². The first kappa shape index (κ1) is 13.7. The van der Waals surface area contributed by atoms with E-state index in [1.165, 1.54) is 11.1 Å². The van der Waals surface area contributed by atoms with Crippen LogP contribution in [-0.4, -0.2) is 17.8 Å². The zero-order chi connectivity index (χ0) is 14.2. The van der Waals surface area contributed by atoms with Crippen molar-refractivity contribution in [3.8, 4) is 5.75 Å². The number of halogens is 1. The lowest BCUT2D eigenvalue weighted by molar-refractivity contribution is 0.0516. The van der Waals surface area contributed by atoms with Crippen LogP contribution < -0.4 is 4.74 Å². The third kappa shape index (κ3) is 2.60. The van der Waals surface area contributed by atoms with Crippen molar-refractivity contribution in [1.82, 2.24) is 0 Å². The number of ether oxygens (including phenoxy) is 1. The lowest BCUT2D eigenvalue weighted by atomic mass is 9.91. The van der Waals surface area contributed by atoms with Crippen LogP contribution >= 0.6 is 15.9 Å². The van der Waals surface area contributed by atoms with Gasteiger partial charge in [0.15, 0.2) is 0 Å². The van der Waals surface area contributed by atoms with E-state index in [-0.39, 0.29) is 0 Å². The van der Waals surface area contributed by atoms with E-state index in [0.29, 0.717) is 19.3 Å². The lowest BCUT2D eigenvalue weighted by Crippen LogP contribution is -2.32. The van der Waals surface area contributed by atoms with E-state index in [9.17, 15) is 5.11 Å². The average molecular weight is 333 g/mol. The minimum atomic E-state index is -0.696. The fourth-order valence-electron chi connectivity index (χ4n) is 2.97. The number of fused-ring (bicyclic) bond motifs is 1. The summed E-state index contributed by atoms with van der Waals surface area (Å²) < 4.78 is 6.28. The van der Waals surface area contributed by atoms with Crippen LogP contribution in [0.3, 0.4) is 0 Å². The van der Waals surface area contributed by atoms with Gasteiger partial charge in [-0.15, -0.1) is 0 Å². The molecule has 0 saturated heterocycles. The van der Waals surface area contributed by atoms with Crippen LogP contribution in [0.2, 0.25) is 0 Å². The van der Waals surface area contributed by atoms with Gasteiger partial charge in [0.05, 0.1) is 12.7 Å². The second kappa shape index (κ2) is 5.23. The van der Waals surface area contributed by atoms with Crippen LogP contribution in [0.1, 0.15) is 16.7 Å². The first-order valence-electron chi connectivity index (χ1n) is 6.71. The Morgan fingerprint density at radius 2 is 1.80 bits per heavy atom. The molecule has 0 unspecified atom stereocenters. The van der Waals surface area contributed by atoms with Crippen molar-refractivity contribution in [3.63, 3.8) is 0 Å². The second-order valence-electron chi connectivity index (χ2n) is 5.48. The highest BCUT2D eigenvalue weighted by Gasteiger charge is 2.35. The van der Waals surface area contributed by atoms with E-state index in [4.69, 9.17) is 4.74 Å². The Kier molecular flexibility index (Phi) is 3.57. The van der Waals surface area contributed by atoms with E-state index in [0.717, 1.165) is 15.8 Å². The van der Waals surface area contributed by atoms with Crippen molar-refractivity contribution in [3.05, 3.63) is 63.6 Å². The maximum absolute atomic E-state index is 10.9. The third-order valence-corrected chi connectivity index (χ3v) is 4.70. The quantitative estimate of drug-likeness (QED) is 0.931. The molecule has 0 spiro atoms. The molecule has 0 bridgehead atoms. The number of methoxy groups -OCH3 is 1. The smallest absolute Gasteiger partial charge is 0.119 e. The molecule has 3 heteroatoms. The Morgan fingerprint density at radius 3 is 2.40 bits per heavy atom. The molecule has 0 radical (unpaired) electrons. The highest BCUT2D eigenvalue weighted by molar-refractivity contribution is 9.10.